The molecular formula is C22H21N5O3. The molecule has 152 valence electrons. The van der Waals surface area contributed by atoms with Gasteiger partial charge in [-0.3, -0.25) is 4.79 Å². The Morgan fingerprint density at radius 1 is 1.03 bits per heavy atom. The van der Waals surface area contributed by atoms with Crippen LogP contribution >= 0.6 is 0 Å². The molecule has 0 radical (unpaired) electrons. The molecule has 0 fully saturated rings. The van der Waals surface area contributed by atoms with Crippen molar-refractivity contribution < 1.29 is 14.3 Å². The summed E-state index contributed by atoms with van der Waals surface area (Å²) in [5, 5.41) is 19.2. The number of tetrazole rings is 1. The number of rotatable bonds is 7. The number of carbonyl (C=O) groups is 1. The van der Waals surface area contributed by atoms with Crippen molar-refractivity contribution in [3.63, 3.8) is 0 Å². The van der Waals surface area contributed by atoms with Crippen molar-refractivity contribution in [2.75, 3.05) is 19.5 Å². The van der Waals surface area contributed by atoms with Gasteiger partial charge >= 0.3 is 0 Å². The maximum absolute atomic E-state index is 13.2. The zero-order valence-corrected chi connectivity index (χ0v) is 16.6. The van der Waals surface area contributed by atoms with Crippen LogP contribution in [0.5, 0.6) is 11.5 Å². The minimum atomic E-state index is -0.638. The van der Waals surface area contributed by atoms with Crippen LogP contribution < -0.4 is 14.8 Å². The van der Waals surface area contributed by atoms with E-state index in [1.807, 2.05) is 60.7 Å². The number of anilines is 1. The molecule has 4 aromatic rings. The van der Waals surface area contributed by atoms with Crippen LogP contribution in [-0.4, -0.2) is 40.8 Å². The number of nitrogens with one attached hydrogen (secondary N) is 2. The van der Waals surface area contributed by atoms with E-state index in [-0.39, 0.29) is 5.91 Å². The number of aromatic amines is 1. The topological polar surface area (TPSA) is 102 Å². The van der Waals surface area contributed by atoms with Crippen LogP contribution in [0.25, 0.3) is 10.8 Å². The Morgan fingerprint density at radius 3 is 2.60 bits per heavy atom. The zero-order valence-electron chi connectivity index (χ0n) is 16.6. The first-order valence-electron chi connectivity index (χ1n) is 9.42. The van der Waals surface area contributed by atoms with E-state index in [1.165, 1.54) is 0 Å². The summed E-state index contributed by atoms with van der Waals surface area (Å²) in [6, 6.07) is 19.2. The zero-order chi connectivity index (χ0) is 20.9. The van der Waals surface area contributed by atoms with E-state index in [2.05, 4.69) is 25.9 Å². The molecule has 0 aliphatic heterocycles. The molecule has 8 heteroatoms. The Kier molecular flexibility index (Phi) is 5.56. The lowest BCUT2D eigenvalue weighted by atomic mass is 9.97. The number of fused-ring (bicyclic) bond motifs is 1. The van der Waals surface area contributed by atoms with Crippen molar-refractivity contribution in [3.8, 4) is 11.5 Å². The molecule has 4 rings (SSSR count). The average Bonchev–Trinajstić information content (AvgIpc) is 3.32. The second-order valence-corrected chi connectivity index (χ2v) is 6.73. The van der Waals surface area contributed by atoms with E-state index >= 15 is 0 Å². The molecular weight excluding hydrogens is 382 g/mol. The molecule has 0 saturated carbocycles. The SMILES string of the molecule is COc1ccc(C[C@@H](C(=O)Nc2cccc3ccccc23)c2nn[nH]n2)cc1OC. The van der Waals surface area contributed by atoms with Crippen LogP contribution in [0.4, 0.5) is 5.69 Å². The first kappa shape index (κ1) is 19.4. The molecule has 0 saturated heterocycles. The van der Waals surface area contributed by atoms with Crippen LogP contribution in [0, 0.1) is 0 Å². The van der Waals surface area contributed by atoms with Crippen molar-refractivity contribution >= 4 is 22.4 Å². The molecule has 0 unspecified atom stereocenters. The standard InChI is InChI=1S/C22H21N5O3/c1-29-19-11-10-14(13-20(19)30-2)12-17(21-24-26-27-25-21)22(28)23-18-9-5-7-15-6-3-4-8-16(15)18/h3-11,13,17H,12H2,1-2H3,(H,23,28)(H,24,25,26,27)/t17-/m1/s1. The van der Waals surface area contributed by atoms with Crippen LogP contribution in [-0.2, 0) is 11.2 Å². The number of nitrogens with zero attached hydrogens (tertiary/aromatic N) is 3. The molecule has 1 heterocycles. The highest BCUT2D eigenvalue weighted by Gasteiger charge is 2.26. The third-order valence-corrected chi connectivity index (χ3v) is 4.93. The van der Waals surface area contributed by atoms with Crippen LogP contribution in [0.3, 0.4) is 0 Å². The van der Waals surface area contributed by atoms with Gasteiger partial charge in [0.25, 0.3) is 0 Å². The summed E-state index contributed by atoms with van der Waals surface area (Å²) in [7, 11) is 3.16. The van der Waals surface area contributed by atoms with Gasteiger partial charge in [-0.05, 0) is 35.6 Å². The van der Waals surface area contributed by atoms with Gasteiger partial charge in [-0.1, -0.05) is 47.7 Å². The van der Waals surface area contributed by atoms with E-state index in [4.69, 9.17) is 9.47 Å². The maximum atomic E-state index is 13.2. The Labute approximate surface area is 173 Å². The lowest BCUT2D eigenvalue weighted by molar-refractivity contribution is -0.117. The Hall–Kier alpha value is -3.94. The molecule has 0 aliphatic carbocycles. The van der Waals surface area contributed by atoms with Crippen LogP contribution in [0.1, 0.15) is 17.3 Å². The second kappa shape index (κ2) is 8.60. The predicted molar refractivity (Wildman–Crippen MR) is 113 cm³/mol. The quantitative estimate of drug-likeness (QED) is 0.491. The Bertz CT molecular complexity index is 1160. The average molecular weight is 403 g/mol. The van der Waals surface area contributed by atoms with Gasteiger partial charge in [-0.2, -0.15) is 5.21 Å². The van der Waals surface area contributed by atoms with E-state index in [0.717, 1.165) is 22.0 Å². The molecule has 0 aliphatic rings. The first-order chi connectivity index (χ1) is 14.7. The monoisotopic (exact) mass is 403 g/mol. The minimum absolute atomic E-state index is 0.220. The largest absolute Gasteiger partial charge is 0.493 e. The third kappa shape index (κ3) is 3.93. The molecule has 0 bridgehead atoms. The van der Waals surface area contributed by atoms with Gasteiger partial charge in [-0.25, -0.2) is 0 Å². The highest BCUT2D eigenvalue weighted by molar-refractivity contribution is 6.04. The number of hydrogen-bond donors (Lipinski definition) is 2. The van der Waals surface area contributed by atoms with Crippen molar-refractivity contribution in [2.24, 2.45) is 0 Å². The second-order valence-electron chi connectivity index (χ2n) is 6.73. The van der Waals surface area contributed by atoms with Gasteiger partial charge in [0.1, 0.15) is 5.92 Å². The number of hydrogen-bond acceptors (Lipinski definition) is 6. The predicted octanol–water partition coefficient (Wildman–Crippen LogP) is 3.34. The number of benzene rings is 3. The molecule has 0 spiro atoms. The molecule has 8 nitrogen and oxygen atoms in total. The highest BCUT2D eigenvalue weighted by atomic mass is 16.5. The van der Waals surface area contributed by atoms with E-state index in [9.17, 15) is 4.79 Å². The lowest BCUT2D eigenvalue weighted by Crippen LogP contribution is -2.24. The highest BCUT2D eigenvalue weighted by Crippen LogP contribution is 2.30. The summed E-state index contributed by atoms with van der Waals surface area (Å²) >= 11 is 0. The Balaban J connectivity index is 1.64. The van der Waals surface area contributed by atoms with Gasteiger partial charge in [0.15, 0.2) is 17.3 Å². The minimum Gasteiger partial charge on any atom is -0.493 e. The smallest absolute Gasteiger partial charge is 0.235 e. The molecule has 3 aromatic carbocycles. The van der Waals surface area contributed by atoms with Gasteiger partial charge in [0.2, 0.25) is 5.91 Å². The number of aromatic nitrogens is 4. The third-order valence-electron chi connectivity index (χ3n) is 4.93. The fraction of sp³-hybridized carbons (Fsp3) is 0.182. The maximum Gasteiger partial charge on any atom is 0.235 e. The summed E-state index contributed by atoms with van der Waals surface area (Å²) in [5.41, 5.74) is 1.62. The summed E-state index contributed by atoms with van der Waals surface area (Å²) in [5.74, 6) is 0.680. The van der Waals surface area contributed by atoms with Gasteiger partial charge in [-0.15, -0.1) is 10.2 Å². The van der Waals surface area contributed by atoms with Gasteiger partial charge in [0, 0.05) is 11.1 Å². The summed E-state index contributed by atoms with van der Waals surface area (Å²) < 4.78 is 10.7. The number of amides is 1. The number of ether oxygens (including phenoxy) is 2. The van der Waals surface area contributed by atoms with E-state index in [1.54, 1.807) is 14.2 Å². The van der Waals surface area contributed by atoms with E-state index < -0.39 is 5.92 Å². The summed E-state index contributed by atoms with van der Waals surface area (Å²) in [6.45, 7) is 0. The fourth-order valence-corrected chi connectivity index (χ4v) is 3.42. The lowest BCUT2D eigenvalue weighted by Gasteiger charge is -2.16. The van der Waals surface area contributed by atoms with Gasteiger partial charge in [0.05, 0.1) is 14.2 Å². The molecule has 1 amide bonds. The number of carbonyl (C=O) groups excluding carboxylic acids is 1. The molecule has 1 aromatic heterocycles. The number of methoxy groups -OCH3 is 2. The van der Waals surface area contributed by atoms with Crippen molar-refractivity contribution in [1.29, 1.82) is 0 Å². The van der Waals surface area contributed by atoms with E-state index in [0.29, 0.717) is 23.7 Å². The summed E-state index contributed by atoms with van der Waals surface area (Å²) in [6.07, 6.45) is 0.372. The summed E-state index contributed by atoms with van der Waals surface area (Å²) in [4.78, 5) is 13.2. The van der Waals surface area contributed by atoms with Crippen molar-refractivity contribution in [3.05, 3.63) is 72.1 Å². The van der Waals surface area contributed by atoms with Crippen molar-refractivity contribution in [2.45, 2.75) is 12.3 Å². The first-order valence-corrected chi connectivity index (χ1v) is 9.42. The fourth-order valence-electron chi connectivity index (χ4n) is 3.42. The van der Waals surface area contributed by atoms with Crippen LogP contribution in [0.2, 0.25) is 0 Å². The molecule has 1 atom stereocenters. The Morgan fingerprint density at radius 2 is 1.83 bits per heavy atom. The van der Waals surface area contributed by atoms with Gasteiger partial charge < -0.3 is 14.8 Å². The molecule has 30 heavy (non-hydrogen) atoms. The molecule has 2 N–H and O–H groups in total. The van der Waals surface area contributed by atoms with Crippen LogP contribution in [0.15, 0.2) is 60.7 Å². The number of H-pyrrole nitrogens is 1. The van der Waals surface area contributed by atoms with Crippen molar-refractivity contribution in [1.82, 2.24) is 20.6 Å². The normalized spacial score (nSPS) is 11.8.